The molecule has 1 saturated heterocycles. The van der Waals surface area contributed by atoms with Crippen LogP contribution in [0.3, 0.4) is 0 Å². The van der Waals surface area contributed by atoms with Crippen LogP contribution < -0.4 is 15.4 Å². The molecule has 1 heterocycles. The molecule has 0 aliphatic carbocycles. The van der Waals surface area contributed by atoms with E-state index in [0.29, 0.717) is 22.6 Å². The third-order valence-corrected chi connectivity index (χ3v) is 6.07. The molecule has 4 rings (SSSR count). The van der Waals surface area contributed by atoms with Crippen molar-refractivity contribution in [3.05, 3.63) is 99.7 Å². The van der Waals surface area contributed by atoms with Crippen molar-refractivity contribution in [2.45, 2.75) is 20.0 Å². The average molecular weight is 534 g/mol. The number of imide groups is 1. The summed E-state index contributed by atoms with van der Waals surface area (Å²) < 4.78 is 5.71. The minimum Gasteiger partial charge on any atom is -0.487 e. The zero-order valence-corrected chi connectivity index (χ0v) is 21.1. The second kappa shape index (κ2) is 11.6. The van der Waals surface area contributed by atoms with Gasteiger partial charge in [-0.1, -0.05) is 54.9 Å². The Hall–Kier alpha value is -4.63. The molecule has 38 heavy (non-hydrogen) atoms. The summed E-state index contributed by atoms with van der Waals surface area (Å²) in [6.07, 6.45) is 2.17. The zero-order chi connectivity index (χ0) is 27.2. The molecule has 3 N–H and O–H groups in total. The van der Waals surface area contributed by atoms with E-state index in [1.807, 2.05) is 19.1 Å². The lowest BCUT2D eigenvalue weighted by Crippen LogP contribution is -2.38. The fourth-order valence-electron chi connectivity index (χ4n) is 3.84. The van der Waals surface area contributed by atoms with E-state index in [-0.39, 0.29) is 22.9 Å². The van der Waals surface area contributed by atoms with E-state index >= 15 is 0 Å². The van der Waals surface area contributed by atoms with Gasteiger partial charge in [-0.25, -0.2) is 14.5 Å². The lowest BCUT2D eigenvalue weighted by molar-refractivity contribution is -0.127. The number of hydrogen-bond acceptors (Lipinski definition) is 5. The molecule has 1 fully saturated rings. The van der Waals surface area contributed by atoms with Gasteiger partial charge in [0.1, 0.15) is 24.6 Å². The van der Waals surface area contributed by atoms with Crippen LogP contribution in [0.1, 0.15) is 34.0 Å². The highest BCUT2D eigenvalue weighted by Crippen LogP contribution is 2.28. The number of nitrogens with one attached hydrogen (secondary N) is 2. The van der Waals surface area contributed by atoms with E-state index in [1.54, 1.807) is 42.5 Å². The first-order valence-electron chi connectivity index (χ1n) is 11.7. The third-order valence-electron chi connectivity index (χ3n) is 5.77. The van der Waals surface area contributed by atoms with E-state index in [4.69, 9.17) is 21.4 Å². The van der Waals surface area contributed by atoms with Gasteiger partial charge >= 0.3 is 12.0 Å². The molecule has 0 bridgehead atoms. The predicted octanol–water partition coefficient (Wildman–Crippen LogP) is 4.71. The van der Waals surface area contributed by atoms with Crippen LogP contribution in [0.15, 0.2) is 72.4 Å². The summed E-state index contributed by atoms with van der Waals surface area (Å²) in [4.78, 5) is 49.7. The van der Waals surface area contributed by atoms with E-state index in [0.717, 1.165) is 16.9 Å². The molecule has 0 saturated carbocycles. The third kappa shape index (κ3) is 6.19. The van der Waals surface area contributed by atoms with Crippen molar-refractivity contribution in [2.75, 3.05) is 11.9 Å². The van der Waals surface area contributed by atoms with Gasteiger partial charge in [0.15, 0.2) is 0 Å². The smallest absolute Gasteiger partial charge is 0.335 e. The van der Waals surface area contributed by atoms with Crippen LogP contribution in [-0.4, -0.2) is 40.4 Å². The summed E-state index contributed by atoms with van der Waals surface area (Å²) in [5, 5.41) is 14.6. The van der Waals surface area contributed by atoms with Gasteiger partial charge in [0.05, 0.1) is 10.6 Å². The average Bonchev–Trinajstić information content (AvgIpc) is 3.15. The molecule has 0 atom stereocenters. The van der Waals surface area contributed by atoms with Crippen molar-refractivity contribution >= 4 is 47.2 Å². The Balaban J connectivity index is 1.40. The standard InChI is InChI=1S/C28H24ClN3O6/c1-2-19-7-3-4-9-22(19)30-25(33)15-32-26(34)23(31-28(32)37)14-17-10-11-24(21(29)13-17)38-16-18-6-5-8-20(12-18)27(35)36/h3-14H,2,15-16H2,1H3,(H,30,33)(H,31,37)(H,35,36)/b23-14+. The van der Waals surface area contributed by atoms with Crippen molar-refractivity contribution < 1.29 is 29.0 Å². The molecule has 3 aromatic carbocycles. The van der Waals surface area contributed by atoms with Crippen molar-refractivity contribution in [1.29, 1.82) is 0 Å². The highest BCUT2D eigenvalue weighted by Gasteiger charge is 2.35. The molecule has 1 aliphatic heterocycles. The van der Waals surface area contributed by atoms with Gasteiger partial charge in [-0.2, -0.15) is 0 Å². The predicted molar refractivity (Wildman–Crippen MR) is 142 cm³/mol. The largest absolute Gasteiger partial charge is 0.487 e. The summed E-state index contributed by atoms with van der Waals surface area (Å²) in [6.45, 7) is 1.64. The van der Waals surface area contributed by atoms with Crippen molar-refractivity contribution in [3.8, 4) is 5.75 Å². The Morgan fingerprint density at radius 1 is 1.08 bits per heavy atom. The Morgan fingerprint density at radius 3 is 2.61 bits per heavy atom. The van der Waals surface area contributed by atoms with Crippen LogP contribution in [-0.2, 0) is 22.6 Å². The van der Waals surface area contributed by atoms with Gasteiger partial charge in [0.25, 0.3) is 5.91 Å². The minimum absolute atomic E-state index is 0.00646. The van der Waals surface area contributed by atoms with Gasteiger partial charge in [0, 0.05) is 5.69 Å². The number of amides is 4. The lowest BCUT2D eigenvalue weighted by atomic mass is 10.1. The van der Waals surface area contributed by atoms with Gasteiger partial charge < -0.3 is 20.5 Å². The van der Waals surface area contributed by atoms with E-state index < -0.39 is 30.4 Å². The van der Waals surface area contributed by atoms with E-state index in [2.05, 4.69) is 10.6 Å². The maximum Gasteiger partial charge on any atom is 0.335 e. The molecule has 194 valence electrons. The quantitative estimate of drug-likeness (QED) is 0.270. The summed E-state index contributed by atoms with van der Waals surface area (Å²) in [5.74, 6) is -1.79. The Bertz CT molecular complexity index is 1450. The Labute approximate surface area is 223 Å². The number of urea groups is 1. The normalized spacial score (nSPS) is 13.9. The monoisotopic (exact) mass is 533 g/mol. The summed E-state index contributed by atoms with van der Waals surface area (Å²) in [5.41, 5.74) is 2.92. The molecule has 0 radical (unpaired) electrons. The van der Waals surface area contributed by atoms with E-state index in [9.17, 15) is 19.2 Å². The van der Waals surface area contributed by atoms with E-state index in [1.165, 1.54) is 18.2 Å². The number of para-hydroxylation sites is 1. The van der Waals surface area contributed by atoms with Crippen LogP contribution in [0.25, 0.3) is 6.08 Å². The van der Waals surface area contributed by atoms with Gasteiger partial charge in [-0.05, 0) is 59.5 Å². The van der Waals surface area contributed by atoms with Crippen LogP contribution in [0.4, 0.5) is 10.5 Å². The molecule has 10 heteroatoms. The molecule has 1 aliphatic rings. The number of carboxylic acid groups (broad SMARTS) is 1. The van der Waals surface area contributed by atoms with Crippen LogP contribution in [0.2, 0.25) is 5.02 Å². The molecule has 9 nitrogen and oxygen atoms in total. The first-order chi connectivity index (χ1) is 18.2. The number of carbonyl (C=O) groups is 4. The fourth-order valence-corrected chi connectivity index (χ4v) is 4.09. The first-order valence-corrected chi connectivity index (χ1v) is 12.1. The number of nitrogens with zero attached hydrogens (tertiary/aromatic N) is 1. The summed E-state index contributed by atoms with van der Waals surface area (Å²) in [7, 11) is 0. The van der Waals surface area contributed by atoms with Gasteiger partial charge in [-0.3, -0.25) is 9.59 Å². The molecule has 0 aromatic heterocycles. The topological polar surface area (TPSA) is 125 Å². The second-order valence-corrected chi connectivity index (χ2v) is 8.83. The van der Waals surface area contributed by atoms with Crippen LogP contribution in [0.5, 0.6) is 5.75 Å². The highest BCUT2D eigenvalue weighted by atomic mass is 35.5. The maximum absolute atomic E-state index is 12.8. The van der Waals surface area contributed by atoms with Crippen molar-refractivity contribution in [2.24, 2.45) is 0 Å². The number of halogens is 1. The molecular weight excluding hydrogens is 510 g/mol. The number of aromatic carboxylic acids is 1. The van der Waals surface area contributed by atoms with Gasteiger partial charge in [0.2, 0.25) is 5.91 Å². The summed E-state index contributed by atoms with van der Waals surface area (Å²) in [6, 6.07) is 17.8. The first kappa shape index (κ1) is 26.4. The second-order valence-electron chi connectivity index (χ2n) is 8.42. The number of carbonyl (C=O) groups excluding carboxylic acids is 3. The van der Waals surface area contributed by atoms with Crippen molar-refractivity contribution in [3.63, 3.8) is 0 Å². The van der Waals surface area contributed by atoms with Crippen molar-refractivity contribution in [1.82, 2.24) is 10.2 Å². The van der Waals surface area contributed by atoms with Crippen LogP contribution in [0, 0.1) is 0 Å². The Kier molecular flexibility index (Phi) is 8.08. The number of hydrogen-bond donors (Lipinski definition) is 3. The number of aryl methyl sites for hydroxylation is 1. The minimum atomic E-state index is -1.03. The molecule has 0 unspecified atom stereocenters. The fraction of sp³-hybridized carbons (Fsp3) is 0.143. The molecule has 3 aromatic rings. The molecule has 0 spiro atoms. The highest BCUT2D eigenvalue weighted by molar-refractivity contribution is 6.32. The maximum atomic E-state index is 12.8. The SMILES string of the molecule is CCc1ccccc1NC(=O)CN1C(=O)N/C(=C/c2ccc(OCc3cccc(C(=O)O)c3)c(Cl)c2)C1=O. The van der Waals surface area contributed by atoms with Gasteiger partial charge in [-0.15, -0.1) is 0 Å². The zero-order valence-electron chi connectivity index (χ0n) is 20.4. The Morgan fingerprint density at radius 2 is 1.87 bits per heavy atom. The van der Waals surface area contributed by atoms with Crippen LogP contribution >= 0.6 is 11.6 Å². The molecular formula is C28H24ClN3O6. The number of anilines is 1. The number of rotatable bonds is 9. The summed E-state index contributed by atoms with van der Waals surface area (Å²) >= 11 is 6.34. The lowest BCUT2D eigenvalue weighted by Gasteiger charge is -2.13. The number of ether oxygens (including phenoxy) is 1. The molecule has 4 amide bonds. The number of carboxylic acids is 1. The number of benzene rings is 3.